The Bertz CT molecular complexity index is 586. The standard InChI is InChI=1S/C19H26N2O3/c22-19(21-17-11-16-8-9-18(17)24-16)20-12-13-4-3-7-15(10-13)23-14-5-1-2-6-14/h3-4,7,10,14,16-18H,1-2,5-6,8-9,11-12H2,(H2,20,21,22)/t16-,17+,18-/m1/s1. The molecule has 1 aromatic carbocycles. The van der Waals surface area contributed by atoms with Crippen LogP contribution >= 0.6 is 0 Å². The number of nitrogens with one attached hydrogen (secondary N) is 2. The topological polar surface area (TPSA) is 59.6 Å². The van der Waals surface area contributed by atoms with E-state index < -0.39 is 0 Å². The highest BCUT2D eigenvalue weighted by Gasteiger charge is 2.41. The van der Waals surface area contributed by atoms with Gasteiger partial charge < -0.3 is 20.1 Å². The zero-order valence-corrected chi connectivity index (χ0v) is 14.0. The maximum absolute atomic E-state index is 12.1. The van der Waals surface area contributed by atoms with Gasteiger partial charge in [0.15, 0.2) is 0 Å². The second kappa shape index (κ2) is 7.01. The summed E-state index contributed by atoms with van der Waals surface area (Å²) in [6.45, 7) is 0.509. The fourth-order valence-electron chi connectivity index (χ4n) is 4.12. The zero-order valence-electron chi connectivity index (χ0n) is 14.0. The van der Waals surface area contributed by atoms with Crippen molar-refractivity contribution in [1.82, 2.24) is 10.6 Å². The molecule has 2 amide bonds. The van der Waals surface area contributed by atoms with E-state index in [2.05, 4.69) is 10.6 Å². The highest BCUT2D eigenvalue weighted by Crippen LogP contribution is 2.34. The van der Waals surface area contributed by atoms with Crippen molar-refractivity contribution >= 4 is 6.03 Å². The molecule has 130 valence electrons. The first-order chi connectivity index (χ1) is 11.8. The molecule has 2 aliphatic heterocycles. The molecule has 1 aliphatic carbocycles. The molecule has 3 aliphatic rings. The second-order valence-electron chi connectivity index (χ2n) is 7.21. The third-order valence-corrected chi connectivity index (χ3v) is 5.38. The number of hydrogen-bond donors (Lipinski definition) is 2. The van der Waals surface area contributed by atoms with E-state index >= 15 is 0 Å². The van der Waals surface area contributed by atoms with Crippen molar-refractivity contribution in [3.63, 3.8) is 0 Å². The lowest BCUT2D eigenvalue weighted by molar-refractivity contribution is 0.0981. The molecule has 3 fully saturated rings. The molecule has 4 rings (SSSR count). The van der Waals surface area contributed by atoms with Crippen molar-refractivity contribution in [2.75, 3.05) is 0 Å². The minimum Gasteiger partial charge on any atom is -0.490 e. The summed E-state index contributed by atoms with van der Waals surface area (Å²) in [6, 6.07) is 8.08. The molecule has 2 saturated heterocycles. The quantitative estimate of drug-likeness (QED) is 0.872. The lowest BCUT2D eigenvalue weighted by Crippen LogP contribution is -2.46. The van der Waals surface area contributed by atoms with Gasteiger partial charge in [0.25, 0.3) is 0 Å². The Morgan fingerprint density at radius 2 is 2.08 bits per heavy atom. The molecular formula is C19H26N2O3. The van der Waals surface area contributed by atoms with Crippen LogP contribution in [0.4, 0.5) is 4.79 Å². The van der Waals surface area contributed by atoms with Gasteiger partial charge in [-0.3, -0.25) is 0 Å². The van der Waals surface area contributed by atoms with E-state index in [0.717, 1.165) is 43.4 Å². The van der Waals surface area contributed by atoms with E-state index in [9.17, 15) is 4.79 Å². The molecule has 2 N–H and O–H groups in total. The Balaban J connectivity index is 1.25. The average molecular weight is 330 g/mol. The van der Waals surface area contributed by atoms with Crippen molar-refractivity contribution in [2.45, 2.75) is 75.8 Å². The van der Waals surface area contributed by atoms with Gasteiger partial charge in [0, 0.05) is 6.54 Å². The number of fused-ring (bicyclic) bond motifs is 2. The van der Waals surface area contributed by atoms with Crippen LogP contribution in [0.15, 0.2) is 24.3 Å². The van der Waals surface area contributed by atoms with E-state index in [1.165, 1.54) is 12.8 Å². The van der Waals surface area contributed by atoms with Crippen LogP contribution in [-0.4, -0.2) is 30.4 Å². The number of ether oxygens (including phenoxy) is 2. The fourth-order valence-corrected chi connectivity index (χ4v) is 4.12. The number of benzene rings is 1. The van der Waals surface area contributed by atoms with Crippen molar-refractivity contribution < 1.29 is 14.3 Å². The summed E-state index contributed by atoms with van der Waals surface area (Å²) in [5, 5.41) is 5.99. The Labute approximate surface area is 143 Å². The highest BCUT2D eigenvalue weighted by molar-refractivity contribution is 5.74. The van der Waals surface area contributed by atoms with Crippen molar-refractivity contribution in [3.05, 3.63) is 29.8 Å². The summed E-state index contributed by atoms with van der Waals surface area (Å²) >= 11 is 0. The Kier molecular flexibility index (Phi) is 4.60. The smallest absolute Gasteiger partial charge is 0.315 e. The highest BCUT2D eigenvalue weighted by atomic mass is 16.5. The number of rotatable bonds is 5. The molecule has 5 nitrogen and oxygen atoms in total. The Hall–Kier alpha value is -1.75. The van der Waals surface area contributed by atoms with Crippen LogP contribution in [0.3, 0.4) is 0 Å². The predicted octanol–water partition coefficient (Wildman–Crippen LogP) is 3.13. The van der Waals surface area contributed by atoms with E-state index in [-0.39, 0.29) is 18.2 Å². The van der Waals surface area contributed by atoms with Crippen molar-refractivity contribution in [3.8, 4) is 5.75 Å². The van der Waals surface area contributed by atoms with Gasteiger partial charge in [0.1, 0.15) is 5.75 Å². The first kappa shape index (κ1) is 15.8. The fraction of sp³-hybridized carbons (Fsp3) is 0.632. The molecular weight excluding hydrogens is 304 g/mol. The molecule has 3 atom stereocenters. The zero-order chi connectivity index (χ0) is 16.4. The maximum atomic E-state index is 12.1. The first-order valence-corrected chi connectivity index (χ1v) is 9.22. The summed E-state index contributed by atoms with van der Waals surface area (Å²) in [4.78, 5) is 12.1. The van der Waals surface area contributed by atoms with Gasteiger partial charge in [0.05, 0.1) is 24.4 Å². The van der Waals surface area contributed by atoms with Crippen molar-refractivity contribution in [1.29, 1.82) is 0 Å². The molecule has 1 aromatic rings. The van der Waals surface area contributed by atoms with E-state index in [1.807, 2.05) is 24.3 Å². The molecule has 0 unspecified atom stereocenters. The predicted molar refractivity (Wildman–Crippen MR) is 91.0 cm³/mol. The largest absolute Gasteiger partial charge is 0.490 e. The SMILES string of the molecule is O=C(NCc1cccc(OC2CCCC2)c1)N[C@H]1C[C@H]2CC[C@H]1O2. The van der Waals surface area contributed by atoms with Gasteiger partial charge >= 0.3 is 6.03 Å². The van der Waals surface area contributed by atoms with Gasteiger partial charge in [-0.15, -0.1) is 0 Å². The van der Waals surface area contributed by atoms with Gasteiger partial charge in [-0.2, -0.15) is 0 Å². The van der Waals surface area contributed by atoms with Crippen LogP contribution in [0, 0.1) is 0 Å². The minimum atomic E-state index is -0.113. The molecule has 24 heavy (non-hydrogen) atoms. The molecule has 5 heteroatoms. The third-order valence-electron chi connectivity index (χ3n) is 5.38. The molecule has 0 radical (unpaired) electrons. The number of hydrogen-bond acceptors (Lipinski definition) is 3. The van der Waals surface area contributed by atoms with Gasteiger partial charge in [-0.05, 0) is 62.6 Å². The normalized spacial score (nSPS) is 28.9. The monoisotopic (exact) mass is 330 g/mol. The van der Waals surface area contributed by atoms with E-state index in [0.29, 0.717) is 18.8 Å². The Morgan fingerprint density at radius 3 is 2.83 bits per heavy atom. The third kappa shape index (κ3) is 3.66. The van der Waals surface area contributed by atoms with Crippen LogP contribution in [0.2, 0.25) is 0 Å². The van der Waals surface area contributed by atoms with Crippen LogP contribution in [-0.2, 0) is 11.3 Å². The van der Waals surface area contributed by atoms with Gasteiger partial charge in [-0.25, -0.2) is 4.79 Å². The average Bonchev–Trinajstić information content (AvgIpc) is 3.31. The summed E-state index contributed by atoms with van der Waals surface area (Å²) in [5.41, 5.74) is 1.06. The maximum Gasteiger partial charge on any atom is 0.315 e. The minimum absolute atomic E-state index is 0.113. The lowest BCUT2D eigenvalue weighted by Gasteiger charge is -2.20. The number of amides is 2. The Morgan fingerprint density at radius 1 is 1.21 bits per heavy atom. The van der Waals surface area contributed by atoms with Gasteiger partial charge in [-0.1, -0.05) is 12.1 Å². The molecule has 0 spiro atoms. The molecule has 2 heterocycles. The van der Waals surface area contributed by atoms with Crippen LogP contribution in [0.1, 0.15) is 50.5 Å². The summed E-state index contributed by atoms with van der Waals surface area (Å²) < 4.78 is 11.8. The van der Waals surface area contributed by atoms with Crippen LogP contribution < -0.4 is 15.4 Å². The van der Waals surface area contributed by atoms with Gasteiger partial charge in [0.2, 0.25) is 0 Å². The van der Waals surface area contributed by atoms with Crippen LogP contribution in [0.25, 0.3) is 0 Å². The van der Waals surface area contributed by atoms with E-state index in [1.54, 1.807) is 0 Å². The molecule has 0 aromatic heterocycles. The first-order valence-electron chi connectivity index (χ1n) is 9.22. The summed E-state index contributed by atoms with van der Waals surface area (Å²) in [7, 11) is 0. The molecule has 1 saturated carbocycles. The number of carbonyl (C=O) groups excluding carboxylic acids is 1. The number of carbonyl (C=O) groups is 1. The molecule has 2 bridgehead atoms. The summed E-state index contributed by atoms with van der Waals surface area (Å²) in [5.74, 6) is 0.906. The lowest BCUT2D eigenvalue weighted by atomic mass is 9.96. The second-order valence-corrected chi connectivity index (χ2v) is 7.21. The van der Waals surface area contributed by atoms with E-state index in [4.69, 9.17) is 9.47 Å². The summed E-state index contributed by atoms with van der Waals surface area (Å²) in [6.07, 6.45) is 8.89. The number of urea groups is 1. The van der Waals surface area contributed by atoms with Crippen LogP contribution in [0.5, 0.6) is 5.75 Å². The van der Waals surface area contributed by atoms with Crippen molar-refractivity contribution in [2.24, 2.45) is 0 Å².